The third kappa shape index (κ3) is 4.40. The molecule has 1 fully saturated rings. The quantitative estimate of drug-likeness (QED) is 0.283. The Morgan fingerprint density at radius 2 is 2.22 bits per heavy atom. The van der Waals surface area contributed by atoms with Crippen molar-refractivity contribution in [1.29, 1.82) is 5.26 Å². The highest BCUT2D eigenvalue weighted by atomic mass is 32.2. The normalized spacial score (nSPS) is 16.4. The molecule has 1 saturated carbocycles. The summed E-state index contributed by atoms with van der Waals surface area (Å²) >= 11 is 4.26. The molecule has 0 aliphatic heterocycles. The topological polar surface area (TPSA) is 87.8 Å². The SMILES string of the molecule is C=CCn1c(SC(C)C(=O)NC2(C#N)CCCCC2)nc2scc(-c3cccs3)c2c1=O. The molecule has 1 aliphatic rings. The molecule has 166 valence electrons. The zero-order valence-corrected chi connectivity index (χ0v) is 20.2. The van der Waals surface area contributed by atoms with Gasteiger partial charge >= 0.3 is 0 Å². The first-order chi connectivity index (χ1) is 15.5. The fraction of sp³-hybridized carbons (Fsp3) is 0.391. The van der Waals surface area contributed by atoms with Crippen LogP contribution in [0.1, 0.15) is 39.0 Å². The first-order valence-corrected chi connectivity index (χ1v) is 13.2. The molecule has 9 heteroatoms. The van der Waals surface area contributed by atoms with Crippen molar-refractivity contribution in [3.8, 4) is 16.5 Å². The average Bonchev–Trinajstić information content (AvgIpc) is 3.47. The van der Waals surface area contributed by atoms with E-state index in [0.29, 0.717) is 34.8 Å². The molecule has 6 nitrogen and oxygen atoms in total. The first-order valence-electron chi connectivity index (χ1n) is 10.5. The van der Waals surface area contributed by atoms with Gasteiger partial charge in [0.1, 0.15) is 10.4 Å². The van der Waals surface area contributed by atoms with E-state index < -0.39 is 10.8 Å². The van der Waals surface area contributed by atoms with Crippen molar-refractivity contribution in [1.82, 2.24) is 14.9 Å². The van der Waals surface area contributed by atoms with Gasteiger partial charge < -0.3 is 5.32 Å². The van der Waals surface area contributed by atoms with Gasteiger partial charge in [0, 0.05) is 22.4 Å². The van der Waals surface area contributed by atoms with E-state index in [2.05, 4.69) is 18.0 Å². The van der Waals surface area contributed by atoms with Crippen molar-refractivity contribution in [2.24, 2.45) is 0 Å². The number of thioether (sulfide) groups is 1. The van der Waals surface area contributed by atoms with Gasteiger partial charge in [-0.2, -0.15) is 5.26 Å². The van der Waals surface area contributed by atoms with Crippen LogP contribution in [0.3, 0.4) is 0 Å². The lowest BCUT2D eigenvalue weighted by molar-refractivity contribution is -0.121. The molecular weight excluding hydrogens is 460 g/mol. The van der Waals surface area contributed by atoms with Crippen LogP contribution in [0.4, 0.5) is 0 Å². The number of aromatic nitrogens is 2. The molecule has 0 radical (unpaired) electrons. The lowest BCUT2D eigenvalue weighted by Gasteiger charge is -2.32. The van der Waals surface area contributed by atoms with Gasteiger partial charge in [0.2, 0.25) is 5.91 Å². The van der Waals surface area contributed by atoms with Gasteiger partial charge in [-0.15, -0.1) is 29.3 Å². The van der Waals surface area contributed by atoms with E-state index in [0.717, 1.165) is 29.7 Å². The van der Waals surface area contributed by atoms with E-state index in [-0.39, 0.29) is 11.5 Å². The van der Waals surface area contributed by atoms with E-state index in [1.807, 2.05) is 22.9 Å². The van der Waals surface area contributed by atoms with Crippen LogP contribution in [0.5, 0.6) is 0 Å². The Bertz CT molecular complexity index is 1230. The second kappa shape index (κ2) is 9.61. The van der Waals surface area contributed by atoms with Crippen molar-refractivity contribution >= 4 is 50.6 Å². The molecule has 1 N–H and O–H groups in total. The second-order valence-corrected chi connectivity index (χ2v) is 11.0. The van der Waals surface area contributed by atoms with Crippen molar-refractivity contribution < 1.29 is 4.79 Å². The Morgan fingerprint density at radius 3 is 2.88 bits per heavy atom. The monoisotopic (exact) mass is 484 g/mol. The summed E-state index contributed by atoms with van der Waals surface area (Å²) in [5.41, 5.74) is -0.0209. The minimum absolute atomic E-state index is 0.129. The van der Waals surface area contributed by atoms with Crippen LogP contribution in [0.2, 0.25) is 0 Å². The molecule has 4 rings (SSSR count). The van der Waals surface area contributed by atoms with Gasteiger partial charge in [0.05, 0.1) is 16.7 Å². The molecule has 3 aromatic heterocycles. The Hall–Kier alpha value is -2.41. The van der Waals surface area contributed by atoms with Crippen LogP contribution < -0.4 is 10.9 Å². The van der Waals surface area contributed by atoms with E-state index in [4.69, 9.17) is 4.98 Å². The molecule has 3 aromatic rings. The summed E-state index contributed by atoms with van der Waals surface area (Å²) in [5.74, 6) is -0.205. The number of hydrogen-bond acceptors (Lipinski definition) is 7. The highest BCUT2D eigenvalue weighted by molar-refractivity contribution is 8.00. The van der Waals surface area contributed by atoms with E-state index in [9.17, 15) is 14.9 Å². The first kappa shape index (κ1) is 22.8. The molecule has 1 amide bonds. The largest absolute Gasteiger partial charge is 0.337 e. The minimum atomic E-state index is -0.786. The van der Waals surface area contributed by atoms with Crippen LogP contribution in [0.15, 0.2) is 45.5 Å². The van der Waals surface area contributed by atoms with Crippen LogP contribution in [-0.2, 0) is 11.3 Å². The summed E-state index contributed by atoms with van der Waals surface area (Å²) in [7, 11) is 0. The van der Waals surface area contributed by atoms with Crippen molar-refractivity contribution in [2.75, 3.05) is 0 Å². The van der Waals surface area contributed by atoms with E-state index in [1.165, 1.54) is 23.1 Å². The van der Waals surface area contributed by atoms with Gasteiger partial charge in [-0.3, -0.25) is 14.2 Å². The molecule has 0 spiro atoms. The molecule has 0 bridgehead atoms. The number of carbonyl (C=O) groups excluding carboxylic acids is 1. The summed E-state index contributed by atoms with van der Waals surface area (Å²) in [5, 5.41) is 17.2. The number of thiophene rings is 2. The molecule has 0 aromatic carbocycles. The summed E-state index contributed by atoms with van der Waals surface area (Å²) in [6.45, 7) is 5.87. The number of amides is 1. The van der Waals surface area contributed by atoms with Gasteiger partial charge in [-0.25, -0.2) is 4.98 Å². The van der Waals surface area contributed by atoms with Gasteiger partial charge in [-0.1, -0.05) is 43.2 Å². The minimum Gasteiger partial charge on any atom is -0.337 e. The Balaban J connectivity index is 1.64. The third-order valence-electron chi connectivity index (χ3n) is 5.69. The standard InChI is InChI=1S/C23H24N4O2S3/c1-3-11-27-21(29)18-16(17-8-7-12-30-17)13-31-20(18)25-22(27)32-15(2)19(28)26-23(14-24)9-5-4-6-10-23/h3,7-8,12-13,15H,1,4-6,9-11H2,2H3,(H,26,28). The number of nitrogens with zero attached hydrogens (tertiary/aromatic N) is 3. The number of hydrogen-bond donors (Lipinski definition) is 1. The maximum Gasteiger partial charge on any atom is 0.263 e. The number of fused-ring (bicyclic) bond motifs is 1. The van der Waals surface area contributed by atoms with E-state index in [1.54, 1.807) is 28.9 Å². The highest BCUT2D eigenvalue weighted by Crippen LogP contribution is 2.35. The molecule has 0 saturated heterocycles. The van der Waals surface area contributed by atoms with Crippen LogP contribution >= 0.6 is 34.4 Å². The Morgan fingerprint density at radius 1 is 1.44 bits per heavy atom. The number of carbonyl (C=O) groups is 1. The maximum absolute atomic E-state index is 13.4. The third-order valence-corrected chi connectivity index (χ3v) is 8.56. The maximum atomic E-state index is 13.4. The van der Waals surface area contributed by atoms with Crippen molar-refractivity contribution in [2.45, 2.75) is 61.5 Å². The van der Waals surface area contributed by atoms with Crippen molar-refractivity contribution in [3.05, 3.63) is 45.9 Å². The molecule has 32 heavy (non-hydrogen) atoms. The Kier molecular flexibility index (Phi) is 6.84. The number of nitrogens with one attached hydrogen (secondary N) is 1. The summed E-state index contributed by atoms with van der Waals surface area (Å²) < 4.78 is 1.58. The lowest BCUT2D eigenvalue weighted by atomic mass is 9.83. The van der Waals surface area contributed by atoms with Crippen LogP contribution in [0.25, 0.3) is 20.7 Å². The zero-order valence-electron chi connectivity index (χ0n) is 17.8. The predicted octanol–water partition coefficient (Wildman–Crippen LogP) is 5.20. The second-order valence-electron chi connectivity index (χ2n) is 7.91. The van der Waals surface area contributed by atoms with Gasteiger partial charge in [-0.05, 0) is 31.2 Å². The fourth-order valence-corrected chi connectivity index (χ4v) is 6.69. The molecule has 1 unspecified atom stereocenters. The lowest BCUT2D eigenvalue weighted by Crippen LogP contribution is -2.51. The smallest absolute Gasteiger partial charge is 0.263 e. The fourth-order valence-electron chi connectivity index (χ4n) is 3.97. The van der Waals surface area contributed by atoms with Gasteiger partial charge in [0.25, 0.3) is 5.56 Å². The van der Waals surface area contributed by atoms with E-state index >= 15 is 0 Å². The summed E-state index contributed by atoms with van der Waals surface area (Å²) in [4.78, 5) is 32.8. The zero-order chi connectivity index (χ0) is 22.7. The number of nitriles is 1. The molecule has 3 heterocycles. The van der Waals surface area contributed by atoms with Crippen LogP contribution in [-0.4, -0.2) is 26.2 Å². The summed E-state index contributed by atoms with van der Waals surface area (Å²) in [6.07, 6.45) is 6.00. The van der Waals surface area contributed by atoms with Gasteiger partial charge in [0.15, 0.2) is 5.16 Å². The molecular formula is C23H24N4O2S3. The predicted molar refractivity (Wildman–Crippen MR) is 132 cm³/mol. The number of rotatable bonds is 7. The van der Waals surface area contributed by atoms with Crippen molar-refractivity contribution in [3.63, 3.8) is 0 Å². The molecule has 1 atom stereocenters. The molecule has 1 aliphatic carbocycles. The number of allylic oxidation sites excluding steroid dienone is 1. The van der Waals surface area contributed by atoms with Crippen LogP contribution in [0, 0.1) is 11.3 Å². The Labute approximate surface area is 199 Å². The highest BCUT2D eigenvalue weighted by Gasteiger charge is 2.35. The summed E-state index contributed by atoms with van der Waals surface area (Å²) in [6, 6.07) is 6.28. The average molecular weight is 485 g/mol.